The molecule has 0 bridgehead atoms. The van der Waals surface area contributed by atoms with Gasteiger partial charge in [-0.2, -0.15) is 0 Å². The predicted octanol–water partition coefficient (Wildman–Crippen LogP) is 0.103. The summed E-state index contributed by atoms with van der Waals surface area (Å²) in [6, 6.07) is 0. The van der Waals surface area contributed by atoms with Crippen molar-refractivity contribution < 1.29 is 4.79 Å². The number of halogens is 1. The standard InChI is InChI=1S/C8H13ClN4O/c1-13-6-11-12-7(13)3-5-10-8(14)2-4-9/h6H,2-5H2,1H3,(H,10,14). The highest BCUT2D eigenvalue weighted by Gasteiger charge is 2.02. The van der Waals surface area contributed by atoms with E-state index in [1.807, 2.05) is 11.6 Å². The third-order valence-corrected chi connectivity index (χ3v) is 1.99. The minimum absolute atomic E-state index is 0.0258. The number of nitrogens with one attached hydrogen (secondary N) is 1. The lowest BCUT2D eigenvalue weighted by Crippen LogP contribution is -2.26. The summed E-state index contributed by atoms with van der Waals surface area (Å²) < 4.78 is 1.83. The highest BCUT2D eigenvalue weighted by atomic mass is 35.5. The first kappa shape index (κ1) is 11.0. The van der Waals surface area contributed by atoms with E-state index in [0.29, 0.717) is 25.3 Å². The maximum Gasteiger partial charge on any atom is 0.221 e. The second kappa shape index (κ2) is 5.59. The molecule has 1 aromatic heterocycles. The summed E-state index contributed by atoms with van der Waals surface area (Å²) in [6.07, 6.45) is 2.68. The molecule has 14 heavy (non-hydrogen) atoms. The van der Waals surface area contributed by atoms with Gasteiger partial charge >= 0.3 is 0 Å². The van der Waals surface area contributed by atoms with Crippen LogP contribution in [0.4, 0.5) is 0 Å². The molecule has 0 aliphatic carbocycles. The maximum atomic E-state index is 11.0. The molecule has 0 radical (unpaired) electrons. The molecule has 0 atom stereocenters. The molecule has 0 aliphatic rings. The van der Waals surface area contributed by atoms with Gasteiger partial charge in [-0.05, 0) is 0 Å². The number of aromatic nitrogens is 3. The first-order valence-corrected chi connectivity index (χ1v) is 4.93. The first-order valence-electron chi connectivity index (χ1n) is 4.39. The Morgan fingerprint density at radius 2 is 2.50 bits per heavy atom. The van der Waals surface area contributed by atoms with Crippen molar-refractivity contribution in [1.82, 2.24) is 20.1 Å². The number of amides is 1. The number of rotatable bonds is 5. The SMILES string of the molecule is Cn1cnnc1CCNC(=O)CCCl. The van der Waals surface area contributed by atoms with E-state index < -0.39 is 0 Å². The fourth-order valence-corrected chi connectivity index (χ4v) is 1.19. The Labute approximate surface area is 87.5 Å². The fourth-order valence-electron chi connectivity index (χ4n) is 1.02. The topological polar surface area (TPSA) is 59.8 Å². The van der Waals surface area contributed by atoms with Crippen LogP contribution >= 0.6 is 11.6 Å². The van der Waals surface area contributed by atoms with Gasteiger partial charge in [-0.1, -0.05) is 0 Å². The molecule has 5 nitrogen and oxygen atoms in total. The van der Waals surface area contributed by atoms with Crippen LogP contribution in [0, 0.1) is 0 Å². The van der Waals surface area contributed by atoms with Crippen molar-refractivity contribution in [3.8, 4) is 0 Å². The lowest BCUT2D eigenvalue weighted by atomic mass is 10.3. The van der Waals surface area contributed by atoms with E-state index in [2.05, 4.69) is 15.5 Å². The number of carbonyl (C=O) groups excluding carboxylic acids is 1. The maximum absolute atomic E-state index is 11.0. The Kier molecular flexibility index (Phi) is 4.39. The minimum atomic E-state index is -0.0258. The van der Waals surface area contributed by atoms with Gasteiger partial charge in [0.25, 0.3) is 0 Å². The van der Waals surface area contributed by atoms with Crippen LogP contribution in [0.3, 0.4) is 0 Å². The molecule has 1 heterocycles. The van der Waals surface area contributed by atoms with Crippen LogP contribution in [0.15, 0.2) is 6.33 Å². The van der Waals surface area contributed by atoms with Gasteiger partial charge in [-0.25, -0.2) is 0 Å². The average molecular weight is 217 g/mol. The van der Waals surface area contributed by atoms with Gasteiger partial charge in [-0.3, -0.25) is 4.79 Å². The van der Waals surface area contributed by atoms with Gasteiger partial charge in [0, 0.05) is 32.3 Å². The number of hydrogen-bond donors (Lipinski definition) is 1. The third-order valence-electron chi connectivity index (χ3n) is 1.80. The Morgan fingerprint density at radius 3 is 3.07 bits per heavy atom. The molecular formula is C8H13ClN4O. The molecule has 1 aromatic rings. The van der Waals surface area contributed by atoms with Gasteiger partial charge in [0.15, 0.2) is 0 Å². The summed E-state index contributed by atoms with van der Waals surface area (Å²) in [6.45, 7) is 0.572. The summed E-state index contributed by atoms with van der Waals surface area (Å²) in [4.78, 5) is 11.0. The molecule has 1 amide bonds. The summed E-state index contributed by atoms with van der Waals surface area (Å²) in [5, 5.41) is 10.4. The number of aryl methyl sites for hydroxylation is 1. The first-order chi connectivity index (χ1) is 6.74. The highest BCUT2D eigenvalue weighted by molar-refractivity contribution is 6.18. The van der Waals surface area contributed by atoms with E-state index in [9.17, 15) is 4.79 Å². The van der Waals surface area contributed by atoms with Gasteiger partial charge in [-0.15, -0.1) is 21.8 Å². The van der Waals surface area contributed by atoms with Crippen molar-refractivity contribution in [1.29, 1.82) is 0 Å². The van der Waals surface area contributed by atoms with Crippen molar-refractivity contribution in [2.24, 2.45) is 7.05 Å². The molecular weight excluding hydrogens is 204 g/mol. The van der Waals surface area contributed by atoms with Crippen LogP contribution in [0.1, 0.15) is 12.2 Å². The van der Waals surface area contributed by atoms with E-state index in [0.717, 1.165) is 5.82 Å². The molecule has 0 aromatic carbocycles. The molecule has 6 heteroatoms. The van der Waals surface area contributed by atoms with Crippen LogP contribution in [0.2, 0.25) is 0 Å². The van der Waals surface area contributed by atoms with E-state index in [1.54, 1.807) is 6.33 Å². The number of carbonyl (C=O) groups is 1. The number of alkyl halides is 1. The zero-order valence-corrected chi connectivity index (χ0v) is 8.79. The van der Waals surface area contributed by atoms with Gasteiger partial charge < -0.3 is 9.88 Å². The largest absolute Gasteiger partial charge is 0.356 e. The Bertz CT molecular complexity index is 299. The molecule has 0 saturated heterocycles. The Hall–Kier alpha value is -1.10. The second-order valence-corrected chi connectivity index (χ2v) is 3.27. The van der Waals surface area contributed by atoms with Crippen LogP contribution in [0.5, 0.6) is 0 Å². The van der Waals surface area contributed by atoms with Crippen LogP contribution < -0.4 is 5.32 Å². The van der Waals surface area contributed by atoms with Crippen molar-refractivity contribution >= 4 is 17.5 Å². The van der Waals surface area contributed by atoms with Crippen LogP contribution in [-0.4, -0.2) is 33.1 Å². The molecule has 0 fully saturated rings. The van der Waals surface area contributed by atoms with Gasteiger partial charge in [0.05, 0.1) is 0 Å². The van der Waals surface area contributed by atoms with Crippen molar-refractivity contribution in [3.63, 3.8) is 0 Å². The normalized spacial score (nSPS) is 10.1. The lowest BCUT2D eigenvalue weighted by molar-refractivity contribution is -0.120. The molecule has 0 spiro atoms. The number of hydrogen-bond acceptors (Lipinski definition) is 3. The van der Waals surface area contributed by atoms with Crippen molar-refractivity contribution in [2.75, 3.05) is 12.4 Å². The van der Waals surface area contributed by atoms with Crippen molar-refractivity contribution in [3.05, 3.63) is 12.2 Å². The minimum Gasteiger partial charge on any atom is -0.356 e. The van der Waals surface area contributed by atoms with E-state index >= 15 is 0 Å². The summed E-state index contributed by atoms with van der Waals surface area (Å²) in [5.74, 6) is 1.19. The second-order valence-electron chi connectivity index (χ2n) is 2.90. The molecule has 0 unspecified atom stereocenters. The van der Waals surface area contributed by atoms with E-state index in [-0.39, 0.29) is 5.91 Å². The molecule has 0 saturated carbocycles. The summed E-state index contributed by atoms with van der Waals surface area (Å²) in [5.41, 5.74) is 0. The van der Waals surface area contributed by atoms with E-state index in [4.69, 9.17) is 11.6 Å². The Balaban J connectivity index is 2.22. The Morgan fingerprint density at radius 1 is 1.71 bits per heavy atom. The molecule has 78 valence electrons. The molecule has 0 aliphatic heterocycles. The monoisotopic (exact) mass is 216 g/mol. The smallest absolute Gasteiger partial charge is 0.221 e. The summed E-state index contributed by atoms with van der Waals surface area (Å²) >= 11 is 5.41. The number of nitrogens with zero attached hydrogens (tertiary/aromatic N) is 3. The van der Waals surface area contributed by atoms with Crippen LogP contribution in [0.25, 0.3) is 0 Å². The average Bonchev–Trinajstić information content (AvgIpc) is 2.52. The third kappa shape index (κ3) is 3.33. The zero-order valence-electron chi connectivity index (χ0n) is 8.03. The van der Waals surface area contributed by atoms with E-state index in [1.165, 1.54) is 0 Å². The highest BCUT2D eigenvalue weighted by Crippen LogP contribution is 1.91. The lowest BCUT2D eigenvalue weighted by Gasteiger charge is -2.02. The quantitative estimate of drug-likeness (QED) is 0.711. The molecule has 1 rings (SSSR count). The summed E-state index contributed by atoms with van der Waals surface area (Å²) in [7, 11) is 1.87. The predicted molar refractivity (Wildman–Crippen MR) is 53.1 cm³/mol. The fraction of sp³-hybridized carbons (Fsp3) is 0.625. The van der Waals surface area contributed by atoms with Crippen LogP contribution in [-0.2, 0) is 18.3 Å². The molecule has 1 N–H and O–H groups in total. The zero-order chi connectivity index (χ0) is 10.4. The van der Waals surface area contributed by atoms with Gasteiger partial charge in [0.2, 0.25) is 5.91 Å². The van der Waals surface area contributed by atoms with Crippen molar-refractivity contribution in [2.45, 2.75) is 12.8 Å². The van der Waals surface area contributed by atoms with Gasteiger partial charge in [0.1, 0.15) is 12.2 Å².